The maximum Gasteiger partial charge on any atom is 0.135 e. The number of allylic oxidation sites excluding steroid dienone is 1. The van der Waals surface area contributed by atoms with Gasteiger partial charge >= 0.3 is 0 Å². The van der Waals surface area contributed by atoms with E-state index >= 15 is 0 Å². The highest BCUT2D eigenvalue weighted by molar-refractivity contribution is 6.24. The lowest BCUT2D eigenvalue weighted by atomic mass is 9.66. The Hall–Kier alpha value is -8.86. The molecule has 13 rings (SSSR count). The van der Waals surface area contributed by atoms with Crippen LogP contribution in [0, 0.1) is 13.8 Å². The van der Waals surface area contributed by atoms with Crippen LogP contribution < -0.4 is 9.80 Å². The van der Waals surface area contributed by atoms with Crippen molar-refractivity contribution in [2.45, 2.75) is 40.0 Å². The van der Waals surface area contributed by atoms with Crippen LogP contribution in [0.25, 0.3) is 88.9 Å². The average Bonchev–Trinajstić information content (AvgIpc) is 3.96. The van der Waals surface area contributed by atoms with Gasteiger partial charge in [-0.2, -0.15) is 0 Å². The molecule has 0 radical (unpaired) electrons. The number of fused-ring (bicyclic) bond motifs is 8. The zero-order valence-electron chi connectivity index (χ0n) is 41.1. The highest BCUT2D eigenvalue weighted by Gasteiger charge is 2.37. The normalized spacial score (nSPS) is 12.9. The van der Waals surface area contributed by atoms with Crippen molar-refractivity contribution in [1.82, 2.24) is 0 Å². The van der Waals surface area contributed by atoms with Crippen LogP contribution in [0.15, 0.2) is 216 Å². The second kappa shape index (κ2) is 16.6. The van der Waals surface area contributed by atoms with E-state index in [4.69, 9.17) is 8.83 Å². The van der Waals surface area contributed by atoms with Gasteiger partial charge in [-0.15, -0.1) is 0 Å². The highest BCUT2D eigenvalue weighted by Crippen LogP contribution is 2.56. The number of hydrogen-bond donors (Lipinski definition) is 0. The third kappa shape index (κ3) is 6.74. The molecule has 10 aromatic carbocycles. The molecular weight excluding hydrogens is 877 g/mol. The van der Waals surface area contributed by atoms with Crippen LogP contribution in [0.1, 0.15) is 54.3 Å². The zero-order chi connectivity index (χ0) is 48.8. The van der Waals surface area contributed by atoms with Gasteiger partial charge in [0.1, 0.15) is 22.5 Å². The number of nitrogens with zero attached hydrogens (tertiary/aromatic N) is 2. The summed E-state index contributed by atoms with van der Waals surface area (Å²) in [4.78, 5) is 4.78. The van der Waals surface area contributed by atoms with Crippen LogP contribution in [-0.4, -0.2) is 0 Å². The Kier molecular flexibility index (Phi) is 9.98. The molecule has 0 bridgehead atoms. The third-order valence-electron chi connectivity index (χ3n) is 15.0. The van der Waals surface area contributed by atoms with E-state index in [1.54, 1.807) is 6.08 Å². The smallest absolute Gasteiger partial charge is 0.135 e. The molecule has 0 fully saturated rings. The number of anilines is 6. The quantitative estimate of drug-likeness (QED) is 0.135. The van der Waals surface area contributed by atoms with Gasteiger partial charge in [-0.25, -0.2) is 0 Å². The SMILES string of the molecule is C=Cc1oc2ccc(N(c3ccc(C)cc3)c3ccc4c(-c5ccccc5)c5c6c(cccc6c4c3)C(C)(C)c3cc(N(c4ccc(C)cc4)c4ccc6oc7ccccc7c6c4)ccc3-5)cc2c1/C=C\C. The average molecular weight is 929 g/mol. The van der Waals surface area contributed by atoms with Gasteiger partial charge in [0.2, 0.25) is 0 Å². The highest BCUT2D eigenvalue weighted by atomic mass is 16.3. The van der Waals surface area contributed by atoms with E-state index in [9.17, 15) is 0 Å². The minimum atomic E-state index is -0.358. The van der Waals surface area contributed by atoms with Gasteiger partial charge in [-0.05, 0) is 173 Å². The Labute approximate surface area is 420 Å². The number of hydrogen-bond acceptors (Lipinski definition) is 4. The predicted octanol–water partition coefficient (Wildman–Crippen LogP) is 19.8. The topological polar surface area (TPSA) is 32.8 Å². The fourth-order valence-electron chi connectivity index (χ4n) is 11.6. The summed E-state index contributed by atoms with van der Waals surface area (Å²) in [5.41, 5.74) is 19.7. The first kappa shape index (κ1) is 43.2. The molecule has 346 valence electrons. The van der Waals surface area contributed by atoms with Gasteiger partial charge in [0.15, 0.2) is 0 Å². The van der Waals surface area contributed by atoms with Gasteiger partial charge in [0, 0.05) is 61.3 Å². The Morgan fingerprint density at radius 3 is 1.68 bits per heavy atom. The van der Waals surface area contributed by atoms with Crippen LogP contribution in [0.3, 0.4) is 0 Å². The Bertz CT molecular complexity index is 4170. The monoisotopic (exact) mass is 928 g/mol. The molecule has 0 saturated carbocycles. The first-order valence-corrected chi connectivity index (χ1v) is 24.9. The zero-order valence-corrected chi connectivity index (χ0v) is 41.1. The number of aryl methyl sites for hydroxylation is 2. The summed E-state index contributed by atoms with van der Waals surface area (Å²) in [5, 5.41) is 8.22. The molecule has 12 aromatic rings. The van der Waals surface area contributed by atoms with Gasteiger partial charge in [-0.1, -0.05) is 147 Å². The van der Waals surface area contributed by atoms with Crippen LogP contribution in [-0.2, 0) is 5.41 Å². The second-order valence-electron chi connectivity index (χ2n) is 19.8. The van der Waals surface area contributed by atoms with Crippen molar-refractivity contribution >= 4 is 101 Å². The van der Waals surface area contributed by atoms with Crippen molar-refractivity contribution in [2.75, 3.05) is 9.80 Å². The van der Waals surface area contributed by atoms with E-state index < -0.39 is 0 Å². The molecule has 0 amide bonds. The summed E-state index contributed by atoms with van der Waals surface area (Å²) in [5.74, 6) is 0.770. The minimum Gasteiger partial charge on any atom is -0.456 e. The van der Waals surface area contributed by atoms with Crippen LogP contribution in [0.4, 0.5) is 34.1 Å². The summed E-state index contributed by atoms with van der Waals surface area (Å²) >= 11 is 0. The molecule has 0 spiro atoms. The molecule has 2 aromatic heterocycles. The molecule has 0 N–H and O–H groups in total. The molecule has 72 heavy (non-hydrogen) atoms. The van der Waals surface area contributed by atoms with Crippen LogP contribution in [0.2, 0.25) is 0 Å². The second-order valence-corrected chi connectivity index (χ2v) is 19.8. The molecule has 0 unspecified atom stereocenters. The van der Waals surface area contributed by atoms with Crippen molar-refractivity contribution in [3.8, 4) is 22.3 Å². The van der Waals surface area contributed by atoms with E-state index in [1.165, 1.54) is 66.1 Å². The third-order valence-corrected chi connectivity index (χ3v) is 15.0. The van der Waals surface area contributed by atoms with Crippen LogP contribution in [0.5, 0.6) is 0 Å². The van der Waals surface area contributed by atoms with E-state index in [1.807, 2.05) is 19.1 Å². The lowest BCUT2D eigenvalue weighted by Gasteiger charge is -2.38. The minimum absolute atomic E-state index is 0.358. The first-order chi connectivity index (χ1) is 35.2. The Morgan fingerprint density at radius 2 is 1.00 bits per heavy atom. The summed E-state index contributed by atoms with van der Waals surface area (Å²) in [7, 11) is 0. The lowest BCUT2D eigenvalue weighted by Crippen LogP contribution is -2.24. The van der Waals surface area contributed by atoms with Crippen molar-refractivity contribution in [1.29, 1.82) is 0 Å². The van der Waals surface area contributed by atoms with Crippen molar-refractivity contribution < 1.29 is 8.83 Å². The number of furan rings is 2. The largest absolute Gasteiger partial charge is 0.456 e. The maximum absolute atomic E-state index is 6.32. The number of benzene rings is 10. The van der Waals surface area contributed by atoms with Gasteiger partial charge in [-0.3, -0.25) is 0 Å². The number of rotatable bonds is 9. The predicted molar refractivity (Wildman–Crippen MR) is 305 cm³/mol. The van der Waals surface area contributed by atoms with Gasteiger partial charge in [0.05, 0.1) is 0 Å². The Balaban J connectivity index is 1.04. The summed E-state index contributed by atoms with van der Waals surface area (Å²) < 4.78 is 12.6. The summed E-state index contributed by atoms with van der Waals surface area (Å²) in [6, 6.07) is 71.3. The van der Waals surface area contributed by atoms with Gasteiger partial charge < -0.3 is 18.6 Å². The van der Waals surface area contributed by atoms with Crippen molar-refractivity contribution in [3.05, 3.63) is 240 Å². The fraction of sp³-hybridized carbons (Fsp3) is 0.0882. The molecule has 4 nitrogen and oxygen atoms in total. The first-order valence-electron chi connectivity index (χ1n) is 24.9. The van der Waals surface area contributed by atoms with E-state index in [2.05, 4.69) is 238 Å². The molecule has 0 atom stereocenters. The summed E-state index contributed by atoms with van der Waals surface area (Å²) in [6.45, 7) is 15.2. The fourth-order valence-corrected chi connectivity index (χ4v) is 11.6. The molecule has 1 aliphatic rings. The standard InChI is InChI=1S/C68H52N2O2/c1-7-15-51-57-39-48(32-36-63(57)71-61(51)8-2)69(45-26-22-42(3)23-27-45)47-30-34-54-56(38-47)53-19-14-20-59-66(53)67(65(54)44-16-10-9-11-17-44)55-35-31-50(41-60(55)68(59,5)6)70(46-28-24-43(4)25-29-46)49-33-37-64-58(40-49)52-18-12-13-21-62(52)72-64/h7-41H,2H2,1,3-6H3/b15-7-. The Morgan fingerprint density at radius 1 is 0.444 bits per heavy atom. The molecule has 1 aliphatic carbocycles. The lowest BCUT2D eigenvalue weighted by molar-refractivity contribution is 0.603. The molecule has 0 saturated heterocycles. The molecular formula is C68H52N2O2. The molecule has 4 heteroatoms. The van der Waals surface area contributed by atoms with E-state index in [0.29, 0.717) is 0 Å². The van der Waals surface area contributed by atoms with Crippen molar-refractivity contribution in [3.63, 3.8) is 0 Å². The molecule has 2 heterocycles. The van der Waals surface area contributed by atoms with Gasteiger partial charge in [0.25, 0.3) is 0 Å². The van der Waals surface area contributed by atoms with E-state index in [-0.39, 0.29) is 5.41 Å². The maximum atomic E-state index is 6.32. The number of para-hydroxylation sites is 1. The van der Waals surface area contributed by atoms with E-state index in [0.717, 1.165) is 78.4 Å². The van der Waals surface area contributed by atoms with Crippen LogP contribution >= 0.6 is 0 Å². The summed E-state index contributed by atoms with van der Waals surface area (Å²) in [6.07, 6.45) is 5.96. The molecule has 0 aliphatic heterocycles. The van der Waals surface area contributed by atoms with Crippen molar-refractivity contribution in [2.24, 2.45) is 0 Å².